The summed E-state index contributed by atoms with van der Waals surface area (Å²) < 4.78 is 69.7. The smallest absolute Gasteiger partial charge is 0.213 e. The summed E-state index contributed by atoms with van der Waals surface area (Å²) in [6.45, 7) is 0. The van der Waals surface area contributed by atoms with Gasteiger partial charge in [0.25, 0.3) is 0 Å². The Morgan fingerprint density at radius 1 is 0.526 bits per heavy atom. The summed E-state index contributed by atoms with van der Waals surface area (Å²) in [7, 11) is 0. The average molecular weight is 357 g/mol. The molecule has 0 amide bonds. The molecule has 0 nitrogen and oxygen atoms in total. The molecule has 2 rings (SSSR count). The summed E-state index contributed by atoms with van der Waals surface area (Å²) in [5.74, 6) is 0. The first kappa shape index (κ1) is 18.2. The Labute approximate surface area is 124 Å². The maximum absolute atomic E-state index is 11.6. The Kier molecular flexibility index (Phi) is 6.77. The molecule has 0 N–H and O–H groups in total. The van der Waals surface area contributed by atoms with Crippen LogP contribution in [0.2, 0.25) is 0 Å². The van der Waals surface area contributed by atoms with E-state index >= 15 is 0 Å². The van der Waals surface area contributed by atoms with E-state index in [2.05, 4.69) is 0 Å². The topological polar surface area (TPSA) is 0 Å². The van der Waals surface area contributed by atoms with Crippen LogP contribution in [0.3, 0.4) is 0 Å². The van der Waals surface area contributed by atoms with Crippen molar-refractivity contribution in [3.05, 3.63) is 59.7 Å². The van der Waals surface area contributed by atoms with Gasteiger partial charge in [0.05, 0.1) is 0 Å². The third-order valence-electron chi connectivity index (χ3n) is 1.98. The van der Waals surface area contributed by atoms with Gasteiger partial charge < -0.3 is 0 Å². The van der Waals surface area contributed by atoms with E-state index < -0.39 is 23.5 Å². The molecule has 0 unspecified atom stereocenters. The van der Waals surface area contributed by atoms with Crippen molar-refractivity contribution < 1.29 is 52.5 Å². The number of halogens is 6. The van der Waals surface area contributed by atoms with Crippen LogP contribution in [-0.2, 0) is 38.6 Å². The maximum atomic E-state index is 11.6. The van der Waals surface area contributed by atoms with E-state index in [-0.39, 0.29) is 26.2 Å². The minimum Gasteiger partial charge on any atom is -0.213 e. The van der Waals surface area contributed by atoms with Gasteiger partial charge in [0.1, 0.15) is 0 Å². The monoisotopic (exact) mass is 356 g/mol. The van der Waals surface area contributed by atoms with Crippen LogP contribution in [0.1, 0.15) is 11.1 Å². The van der Waals surface area contributed by atoms with Crippen molar-refractivity contribution in [3.63, 3.8) is 0 Å². The molecule has 0 atom stereocenters. The van der Waals surface area contributed by atoms with Crippen LogP contribution in [0.25, 0.3) is 0 Å². The molecule has 7 heteroatoms. The molecular formula is C12H8F6Zr. The standard InChI is InChI=1S/2C6H4F3.Zr/c2*7-6(8,9)5-3-1-2-4-5;/h2*1-4H;/q2*-1;+2. The van der Waals surface area contributed by atoms with Crippen molar-refractivity contribution in [3.8, 4) is 0 Å². The van der Waals surface area contributed by atoms with E-state index in [9.17, 15) is 26.3 Å². The molecular weight excluding hydrogens is 349 g/mol. The number of hydrogen-bond donors (Lipinski definition) is 0. The van der Waals surface area contributed by atoms with Gasteiger partial charge in [0.15, 0.2) is 0 Å². The molecule has 2 aromatic carbocycles. The fourth-order valence-electron chi connectivity index (χ4n) is 1.13. The normalized spacial score (nSPS) is 11.3. The van der Waals surface area contributed by atoms with E-state index in [0.29, 0.717) is 0 Å². The average Bonchev–Trinajstić information content (AvgIpc) is 2.91. The van der Waals surface area contributed by atoms with E-state index in [1.807, 2.05) is 0 Å². The zero-order chi connectivity index (χ0) is 13.8. The van der Waals surface area contributed by atoms with Crippen molar-refractivity contribution >= 4 is 0 Å². The Balaban J connectivity index is 0.000000324. The van der Waals surface area contributed by atoms with Crippen LogP contribution in [0.15, 0.2) is 48.5 Å². The summed E-state index contributed by atoms with van der Waals surface area (Å²) in [6.07, 6.45) is -8.35. The summed E-state index contributed by atoms with van der Waals surface area (Å²) in [4.78, 5) is 0. The number of hydrogen-bond acceptors (Lipinski definition) is 0. The Morgan fingerprint density at radius 3 is 0.842 bits per heavy atom. The van der Waals surface area contributed by atoms with Gasteiger partial charge >= 0.3 is 38.6 Å². The molecule has 0 radical (unpaired) electrons. The fourth-order valence-corrected chi connectivity index (χ4v) is 1.13. The third-order valence-corrected chi connectivity index (χ3v) is 1.98. The van der Waals surface area contributed by atoms with Gasteiger partial charge in [0, 0.05) is 0 Å². The largest absolute Gasteiger partial charge is 2.00 e. The molecule has 0 aliphatic carbocycles. The van der Waals surface area contributed by atoms with Crippen molar-refractivity contribution in [1.29, 1.82) is 0 Å². The second-order valence-corrected chi connectivity index (χ2v) is 3.34. The van der Waals surface area contributed by atoms with E-state index in [1.165, 1.54) is 24.3 Å². The predicted octanol–water partition coefficient (Wildman–Crippen LogP) is 4.85. The Hall–Kier alpha value is -0.837. The predicted molar refractivity (Wildman–Crippen MR) is 54.1 cm³/mol. The zero-order valence-corrected chi connectivity index (χ0v) is 11.8. The van der Waals surface area contributed by atoms with Crippen molar-refractivity contribution in [2.45, 2.75) is 12.4 Å². The first-order valence-electron chi connectivity index (χ1n) is 4.79. The summed E-state index contributed by atoms with van der Waals surface area (Å²) in [6, 6.07) is 9.62. The molecule has 102 valence electrons. The molecule has 0 spiro atoms. The van der Waals surface area contributed by atoms with Gasteiger partial charge in [-0.2, -0.15) is 50.6 Å². The van der Waals surface area contributed by atoms with Crippen LogP contribution in [0.5, 0.6) is 0 Å². The fraction of sp³-hybridized carbons (Fsp3) is 0.167. The second-order valence-electron chi connectivity index (χ2n) is 3.34. The van der Waals surface area contributed by atoms with Crippen molar-refractivity contribution in [2.24, 2.45) is 0 Å². The van der Waals surface area contributed by atoms with Crippen LogP contribution in [0, 0.1) is 0 Å². The Bertz CT molecular complexity index is 391. The van der Waals surface area contributed by atoms with Crippen LogP contribution >= 0.6 is 0 Å². The third kappa shape index (κ3) is 6.23. The van der Waals surface area contributed by atoms with Crippen molar-refractivity contribution in [2.75, 3.05) is 0 Å². The van der Waals surface area contributed by atoms with E-state index in [1.54, 1.807) is 0 Å². The molecule has 0 saturated carbocycles. The van der Waals surface area contributed by atoms with Gasteiger partial charge in [-0.3, -0.25) is 0 Å². The molecule has 0 saturated heterocycles. The van der Waals surface area contributed by atoms with Gasteiger partial charge in [-0.25, -0.2) is 24.3 Å². The quantitative estimate of drug-likeness (QED) is 0.467. The van der Waals surface area contributed by atoms with Crippen LogP contribution in [-0.4, -0.2) is 0 Å². The second kappa shape index (κ2) is 7.08. The van der Waals surface area contributed by atoms with Gasteiger partial charge in [-0.1, -0.05) is 11.1 Å². The molecule has 0 bridgehead atoms. The van der Waals surface area contributed by atoms with Crippen LogP contribution < -0.4 is 0 Å². The Morgan fingerprint density at radius 2 is 0.737 bits per heavy atom. The van der Waals surface area contributed by atoms with Gasteiger partial charge in [-0.05, 0) is 0 Å². The molecule has 2 aromatic rings. The summed E-state index contributed by atoms with van der Waals surface area (Å²) >= 11 is 0. The maximum Gasteiger partial charge on any atom is 2.00 e. The first-order valence-corrected chi connectivity index (χ1v) is 4.79. The molecule has 0 heterocycles. The molecule has 0 aliphatic heterocycles. The van der Waals surface area contributed by atoms with Gasteiger partial charge in [-0.15, -0.1) is 0 Å². The minimum absolute atomic E-state index is 0. The van der Waals surface area contributed by atoms with Crippen LogP contribution in [0.4, 0.5) is 26.3 Å². The van der Waals surface area contributed by atoms with Crippen molar-refractivity contribution in [1.82, 2.24) is 0 Å². The van der Waals surface area contributed by atoms with Gasteiger partial charge in [0.2, 0.25) is 0 Å². The number of rotatable bonds is 0. The molecule has 0 fully saturated rings. The SMILES string of the molecule is FC(F)(F)[c-]1cccc1.FC(F)(F)[c-]1cccc1.[Zr+2]. The van der Waals surface area contributed by atoms with E-state index in [0.717, 1.165) is 24.3 Å². The molecule has 0 aliphatic rings. The summed E-state index contributed by atoms with van der Waals surface area (Å²) in [5.41, 5.74) is -1.16. The zero-order valence-electron chi connectivity index (χ0n) is 9.39. The minimum atomic E-state index is -4.18. The first-order chi connectivity index (χ1) is 8.21. The summed E-state index contributed by atoms with van der Waals surface area (Å²) in [5, 5.41) is 0. The molecule has 0 aromatic heterocycles. The van der Waals surface area contributed by atoms with E-state index in [4.69, 9.17) is 0 Å². The molecule has 19 heavy (non-hydrogen) atoms. The number of alkyl halides is 6.